The highest BCUT2D eigenvalue weighted by molar-refractivity contribution is 5.88. The van der Waals surface area contributed by atoms with Crippen LogP contribution in [-0.2, 0) is 4.74 Å². The summed E-state index contributed by atoms with van der Waals surface area (Å²) in [6, 6.07) is 10.3. The molecule has 5 rings (SSSR count). The zero-order valence-corrected chi connectivity index (χ0v) is 17.5. The summed E-state index contributed by atoms with van der Waals surface area (Å²) in [4.78, 5) is 15.0. The van der Waals surface area contributed by atoms with Gasteiger partial charge in [-0.05, 0) is 50.7 Å². The Bertz CT molecular complexity index is 1130. The van der Waals surface area contributed by atoms with Crippen molar-refractivity contribution in [1.82, 2.24) is 15.0 Å². The van der Waals surface area contributed by atoms with Crippen LogP contribution in [0, 0.1) is 6.85 Å². The SMILES string of the molecule is [2H]C([2H])([2H])c1nccc(NC2CCC(Oc3cc(N4CCOCC4)cc4cccnc34)CC2)n1. The first-order chi connectivity index (χ1) is 16.5. The number of nitrogens with one attached hydrogen (secondary N) is 1. The predicted octanol–water partition coefficient (Wildman–Crippen LogP) is 3.97. The van der Waals surface area contributed by atoms with Crippen molar-refractivity contribution in [2.45, 2.75) is 44.7 Å². The van der Waals surface area contributed by atoms with Crippen molar-refractivity contribution in [2.24, 2.45) is 0 Å². The molecule has 0 atom stereocenters. The first kappa shape index (κ1) is 16.7. The summed E-state index contributed by atoms with van der Waals surface area (Å²) in [7, 11) is 0. The van der Waals surface area contributed by atoms with Gasteiger partial charge in [-0.1, -0.05) is 6.07 Å². The molecule has 0 bridgehead atoms. The van der Waals surface area contributed by atoms with Gasteiger partial charge in [0, 0.05) is 52.8 Å². The van der Waals surface area contributed by atoms with Crippen LogP contribution in [0.2, 0.25) is 0 Å². The lowest BCUT2D eigenvalue weighted by molar-refractivity contribution is 0.122. The Morgan fingerprint density at radius 3 is 2.81 bits per heavy atom. The molecule has 1 saturated carbocycles. The normalized spacial score (nSPS) is 23.6. The molecule has 31 heavy (non-hydrogen) atoms. The zero-order valence-electron chi connectivity index (χ0n) is 20.5. The minimum Gasteiger partial charge on any atom is -0.488 e. The van der Waals surface area contributed by atoms with Crippen LogP contribution in [0.5, 0.6) is 5.75 Å². The summed E-state index contributed by atoms with van der Waals surface area (Å²) in [5.41, 5.74) is 2.03. The van der Waals surface area contributed by atoms with E-state index in [-0.39, 0.29) is 18.0 Å². The Hall–Kier alpha value is -2.93. The van der Waals surface area contributed by atoms with Gasteiger partial charge in [-0.25, -0.2) is 9.97 Å². The van der Waals surface area contributed by atoms with E-state index in [2.05, 4.69) is 43.4 Å². The van der Waals surface area contributed by atoms with E-state index < -0.39 is 6.85 Å². The van der Waals surface area contributed by atoms with E-state index in [1.807, 2.05) is 6.07 Å². The van der Waals surface area contributed by atoms with Crippen molar-refractivity contribution in [3.8, 4) is 5.75 Å². The molecule has 3 heterocycles. The number of pyridine rings is 1. The molecule has 162 valence electrons. The maximum Gasteiger partial charge on any atom is 0.147 e. The average Bonchev–Trinajstić information content (AvgIpc) is 2.85. The summed E-state index contributed by atoms with van der Waals surface area (Å²) in [6.45, 7) is 0.899. The lowest BCUT2D eigenvalue weighted by Gasteiger charge is -2.31. The fourth-order valence-electron chi connectivity index (χ4n) is 4.39. The van der Waals surface area contributed by atoms with E-state index in [1.54, 1.807) is 12.3 Å². The van der Waals surface area contributed by atoms with Gasteiger partial charge in [-0.2, -0.15) is 0 Å². The molecule has 3 aromatic rings. The quantitative estimate of drug-likeness (QED) is 0.667. The van der Waals surface area contributed by atoms with E-state index in [9.17, 15) is 0 Å². The minimum atomic E-state index is -2.31. The Kier molecular flexibility index (Phi) is 4.89. The first-order valence-corrected chi connectivity index (χ1v) is 10.9. The van der Waals surface area contributed by atoms with Crippen LogP contribution < -0.4 is 15.0 Å². The highest BCUT2D eigenvalue weighted by atomic mass is 16.5. The van der Waals surface area contributed by atoms with Gasteiger partial charge in [0.1, 0.15) is 22.9 Å². The second-order valence-corrected chi connectivity index (χ2v) is 8.12. The van der Waals surface area contributed by atoms with Crippen LogP contribution in [0.3, 0.4) is 0 Å². The number of aryl methyl sites for hydroxylation is 1. The summed E-state index contributed by atoms with van der Waals surface area (Å²) in [5.74, 6) is 1.25. The van der Waals surface area contributed by atoms with Gasteiger partial charge in [0.05, 0.1) is 19.3 Å². The Balaban J connectivity index is 1.25. The lowest BCUT2D eigenvalue weighted by Crippen LogP contribution is -2.36. The number of aromatic nitrogens is 3. The van der Waals surface area contributed by atoms with Gasteiger partial charge in [-0.3, -0.25) is 4.98 Å². The van der Waals surface area contributed by atoms with Crippen molar-refractivity contribution < 1.29 is 13.6 Å². The number of anilines is 2. The van der Waals surface area contributed by atoms with Gasteiger partial charge < -0.3 is 19.7 Å². The van der Waals surface area contributed by atoms with Crippen LogP contribution in [0.15, 0.2) is 42.7 Å². The first-order valence-electron chi connectivity index (χ1n) is 12.4. The number of hydrogen-bond acceptors (Lipinski definition) is 7. The van der Waals surface area contributed by atoms with Crippen LogP contribution in [-0.4, -0.2) is 53.4 Å². The molecule has 1 aliphatic carbocycles. The Morgan fingerprint density at radius 1 is 1.10 bits per heavy atom. The van der Waals surface area contributed by atoms with E-state index in [1.165, 1.54) is 6.20 Å². The second kappa shape index (κ2) is 9.06. The van der Waals surface area contributed by atoms with Crippen molar-refractivity contribution in [3.05, 3.63) is 48.5 Å². The lowest BCUT2D eigenvalue weighted by atomic mass is 9.93. The van der Waals surface area contributed by atoms with E-state index >= 15 is 0 Å². The Morgan fingerprint density at radius 2 is 1.97 bits per heavy atom. The Labute approximate surface area is 187 Å². The number of ether oxygens (including phenoxy) is 2. The van der Waals surface area contributed by atoms with Crippen LogP contribution in [0.4, 0.5) is 11.5 Å². The van der Waals surface area contributed by atoms with Gasteiger partial charge in [0.2, 0.25) is 0 Å². The molecule has 1 N–H and O–H groups in total. The largest absolute Gasteiger partial charge is 0.488 e. The molecule has 0 spiro atoms. The van der Waals surface area contributed by atoms with Crippen LogP contribution >= 0.6 is 0 Å². The number of morpholine rings is 1. The molecule has 0 amide bonds. The molecular weight excluding hydrogens is 390 g/mol. The maximum atomic E-state index is 7.51. The van der Waals surface area contributed by atoms with Gasteiger partial charge in [0.25, 0.3) is 0 Å². The van der Waals surface area contributed by atoms with Crippen molar-refractivity contribution in [3.63, 3.8) is 0 Å². The topological polar surface area (TPSA) is 72.4 Å². The average molecular weight is 423 g/mol. The molecule has 0 unspecified atom stereocenters. The third kappa shape index (κ3) is 4.71. The number of benzene rings is 1. The summed E-state index contributed by atoms with van der Waals surface area (Å²) < 4.78 is 34.6. The number of rotatable bonds is 5. The summed E-state index contributed by atoms with van der Waals surface area (Å²) >= 11 is 0. The second-order valence-electron chi connectivity index (χ2n) is 8.12. The molecule has 1 aliphatic heterocycles. The molecule has 2 aromatic heterocycles. The molecule has 2 aliphatic rings. The van der Waals surface area contributed by atoms with Crippen LogP contribution in [0.25, 0.3) is 10.9 Å². The zero-order chi connectivity index (χ0) is 23.5. The van der Waals surface area contributed by atoms with E-state index in [0.29, 0.717) is 5.82 Å². The molecule has 1 saturated heterocycles. The van der Waals surface area contributed by atoms with Crippen LogP contribution in [0.1, 0.15) is 35.6 Å². The third-order valence-corrected chi connectivity index (χ3v) is 6.01. The number of fused-ring (bicyclic) bond motifs is 1. The highest BCUT2D eigenvalue weighted by Crippen LogP contribution is 2.34. The summed E-state index contributed by atoms with van der Waals surface area (Å²) in [5, 5.41) is 4.45. The smallest absolute Gasteiger partial charge is 0.147 e. The molecule has 2 fully saturated rings. The van der Waals surface area contributed by atoms with Gasteiger partial charge in [-0.15, -0.1) is 0 Å². The standard InChI is InChI=1S/C24H29N5O2/c1-17-25-10-8-23(27-17)28-19-4-6-21(7-5-19)31-22-16-20(29-11-13-30-14-12-29)15-18-3-2-9-26-24(18)22/h2-3,8-10,15-16,19,21H,4-7,11-14H2,1H3,(H,25,27,28)/i1D3. The maximum absolute atomic E-state index is 7.51. The molecule has 7 nitrogen and oxygen atoms in total. The van der Waals surface area contributed by atoms with Crippen molar-refractivity contribution >= 4 is 22.4 Å². The molecule has 0 radical (unpaired) electrons. The number of hydrogen-bond donors (Lipinski definition) is 1. The van der Waals surface area contributed by atoms with Crippen molar-refractivity contribution in [1.29, 1.82) is 0 Å². The van der Waals surface area contributed by atoms with E-state index in [0.717, 1.165) is 74.3 Å². The van der Waals surface area contributed by atoms with Gasteiger partial charge >= 0.3 is 0 Å². The number of nitrogens with zero attached hydrogens (tertiary/aromatic N) is 4. The van der Waals surface area contributed by atoms with Gasteiger partial charge in [0.15, 0.2) is 0 Å². The highest BCUT2D eigenvalue weighted by Gasteiger charge is 2.24. The van der Waals surface area contributed by atoms with Crippen molar-refractivity contribution in [2.75, 3.05) is 36.5 Å². The predicted molar refractivity (Wildman–Crippen MR) is 122 cm³/mol. The fraction of sp³-hybridized carbons (Fsp3) is 0.458. The summed E-state index contributed by atoms with van der Waals surface area (Å²) in [6.07, 6.45) is 7.01. The molecular formula is C24H29N5O2. The minimum absolute atomic E-state index is 0.103. The molecule has 7 heteroatoms. The third-order valence-electron chi connectivity index (χ3n) is 6.01. The molecule has 1 aromatic carbocycles. The monoisotopic (exact) mass is 422 g/mol. The van der Waals surface area contributed by atoms with E-state index in [4.69, 9.17) is 13.6 Å². The fourth-order valence-corrected chi connectivity index (χ4v) is 4.39.